The normalized spacial score (nSPS) is 14.9. The van der Waals surface area contributed by atoms with E-state index in [1.807, 2.05) is 29.2 Å². The highest BCUT2D eigenvalue weighted by molar-refractivity contribution is 7.71. The molecule has 0 N–H and O–H groups in total. The van der Waals surface area contributed by atoms with Crippen LogP contribution in [0.1, 0.15) is 11.5 Å². The van der Waals surface area contributed by atoms with Crippen molar-refractivity contribution in [3.8, 4) is 5.75 Å². The summed E-state index contributed by atoms with van der Waals surface area (Å²) in [4.78, 5) is 16.5. The largest absolute Gasteiger partial charge is 0.483 e. The Morgan fingerprint density at radius 2 is 1.81 bits per heavy atom. The summed E-state index contributed by atoms with van der Waals surface area (Å²) in [5.41, 5.74) is 0.459. The summed E-state index contributed by atoms with van der Waals surface area (Å²) >= 11 is 5.32. The lowest BCUT2D eigenvalue weighted by Gasteiger charge is -2.36. The lowest BCUT2D eigenvalue weighted by atomic mass is 10.1. The second-order valence-corrected chi connectivity index (χ2v) is 9.12. The highest BCUT2D eigenvalue weighted by Gasteiger charge is 2.31. The van der Waals surface area contributed by atoms with Gasteiger partial charge in [-0.25, -0.2) is 4.68 Å². The van der Waals surface area contributed by atoms with Crippen LogP contribution in [-0.4, -0.2) is 45.4 Å². The third-order valence-corrected chi connectivity index (χ3v) is 6.65. The van der Waals surface area contributed by atoms with Crippen molar-refractivity contribution in [2.75, 3.05) is 31.1 Å². The SMILES string of the molecule is Cn1c(=O)cc(OCc2nn(CN3CCN(c4cccc(C(F)(F)F)c4)CC3)c(=S)o2)c2ccccc21. The molecule has 0 radical (unpaired) electrons. The smallest absolute Gasteiger partial charge is 0.416 e. The number of pyridine rings is 1. The van der Waals surface area contributed by atoms with Gasteiger partial charge in [-0.3, -0.25) is 9.69 Å². The second-order valence-electron chi connectivity index (χ2n) is 8.77. The van der Waals surface area contributed by atoms with E-state index in [0.29, 0.717) is 44.3 Å². The topological polar surface area (TPSA) is 68.7 Å². The first-order valence-electron chi connectivity index (χ1n) is 11.6. The molecular weight excluding hydrogens is 507 g/mol. The van der Waals surface area contributed by atoms with Crippen molar-refractivity contribution in [1.82, 2.24) is 19.2 Å². The average Bonchev–Trinajstić information content (AvgIpc) is 3.24. The van der Waals surface area contributed by atoms with Gasteiger partial charge in [0.05, 0.1) is 17.7 Å². The Labute approximate surface area is 215 Å². The van der Waals surface area contributed by atoms with Crippen LogP contribution in [0.5, 0.6) is 5.75 Å². The first-order valence-corrected chi connectivity index (χ1v) is 12.0. The third-order valence-electron chi connectivity index (χ3n) is 6.36. The van der Waals surface area contributed by atoms with Crippen LogP contribution in [0, 0.1) is 4.84 Å². The van der Waals surface area contributed by atoms with Gasteiger partial charge in [-0.15, -0.1) is 5.10 Å². The molecule has 37 heavy (non-hydrogen) atoms. The van der Waals surface area contributed by atoms with Gasteiger partial charge in [0.2, 0.25) is 0 Å². The highest BCUT2D eigenvalue weighted by Crippen LogP contribution is 2.32. The molecule has 5 rings (SSSR count). The fraction of sp³-hybridized carbons (Fsp3) is 0.320. The van der Waals surface area contributed by atoms with Gasteiger partial charge < -0.3 is 18.6 Å². The maximum absolute atomic E-state index is 13.1. The first kappa shape index (κ1) is 25.0. The van der Waals surface area contributed by atoms with Crippen LogP contribution in [0.2, 0.25) is 0 Å². The molecule has 0 aliphatic carbocycles. The molecule has 1 fully saturated rings. The number of alkyl halides is 3. The molecule has 0 bridgehead atoms. The molecule has 0 amide bonds. The number of aryl methyl sites for hydroxylation is 1. The monoisotopic (exact) mass is 531 g/mol. The minimum atomic E-state index is -4.37. The summed E-state index contributed by atoms with van der Waals surface area (Å²) in [6.07, 6.45) is -4.37. The second kappa shape index (κ2) is 10.0. The van der Waals surface area contributed by atoms with E-state index in [9.17, 15) is 18.0 Å². The Morgan fingerprint density at radius 1 is 1.05 bits per heavy atom. The molecule has 0 spiro atoms. The third kappa shape index (κ3) is 5.39. The molecule has 194 valence electrons. The zero-order valence-corrected chi connectivity index (χ0v) is 20.8. The van der Waals surface area contributed by atoms with Crippen molar-refractivity contribution in [2.24, 2.45) is 7.05 Å². The van der Waals surface area contributed by atoms with Crippen molar-refractivity contribution >= 4 is 28.8 Å². The molecule has 2 aromatic carbocycles. The first-order chi connectivity index (χ1) is 17.7. The number of hydrogen-bond acceptors (Lipinski definition) is 7. The molecule has 1 aliphatic rings. The highest BCUT2D eigenvalue weighted by atomic mass is 32.1. The number of anilines is 1. The molecule has 1 aliphatic heterocycles. The number of halogens is 3. The zero-order valence-electron chi connectivity index (χ0n) is 19.9. The number of hydrogen-bond donors (Lipinski definition) is 0. The van der Waals surface area contributed by atoms with Crippen molar-refractivity contribution in [2.45, 2.75) is 19.5 Å². The van der Waals surface area contributed by atoms with E-state index in [1.165, 1.54) is 18.2 Å². The number of fused-ring (bicyclic) bond motifs is 1. The number of rotatable bonds is 6. The predicted molar refractivity (Wildman–Crippen MR) is 134 cm³/mol. The van der Waals surface area contributed by atoms with Crippen LogP contribution in [0.25, 0.3) is 10.9 Å². The Morgan fingerprint density at radius 3 is 2.57 bits per heavy atom. The van der Waals surface area contributed by atoms with Crippen LogP contribution in [0.3, 0.4) is 0 Å². The Bertz CT molecular complexity index is 1540. The number of para-hydroxylation sites is 1. The van der Waals surface area contributed by atoms with Crippen LogP contribution in [0.15, 0.2) is 63.8 Å². The van der Waals surface area contributed by atoms with Crippen LogP contribution >= 0.6 is 12.2 Å². The van der Waals surface area contributed by atoms with Gasteiger partial charge in [0, 0.05) is 50.4 Å². The summed E-state index contributed by atoms with van der Waals surface area (Å²) in [7, 11) is 1.70. The Kier molecular flexibility index (Phi) is 6.78. The molecule has 12 heteroatoms. The van der Waals surface area contributed by atoms with Crippen molar-refractivity contribution < 1.29 is 22.3 Å². The van der Waals surface area contributed by atoms with E-state index in [1.54, 1.807) is 22.4 Å². The van der Waals surface area contributed by atoms with Crippen LogP contribution in [0.4, 0.5) is 18.9 Å². The van der Waals surface area contributed by atoms with E-state index in [4.69, 9.17) is 21.4 Å². The van der Waals surface area contributed by atoms with Gasteiger partial charge in [0.25, 0.3) is 16.3 Å². The molecule has 8 nitrogen and oxygen atoms in total. The molecule has 3 heterocycles. The Balaban J connectivity index is 1.21. The number of nitrogens with zero attached hydrogens (tertiary/aromatic N) is 5. The molecule has 2 aromatic heterocycles. The number of aromatic nitrogens is 3. The quantitative estimate of drug-likeness (QED) is 0.341. The van der Waals surface area contributed by atoms with E-state index in [2.05, 4.69) is 10.00 Å². The Hall–Kier alpha value is -3.64. The number of benzene rings is 2. The van der Waals surface area contributed by atoms with E-state index < -0.39 is 11.7 Å². The fourth-order valence-electron chi connectivity index (χ4n) is 4.35. The van der Waals surface area contributed by atoms with Crippen LogP contribution < -0.4 is 15.2 Å². The van der Waals surface area contributed by atoms with Gasteiger partial charge in [-0.2, -0.15) is 13.2 Å². The standard InChI is InChI=1S/C25H24F3N5O3S/c1-30-20-8-3-2-7-19(20)21(14-23(30)34)35-15-22-29-33(24(37)36-22)16-31-9-11-32(12-10-31)18-6-4-5-17(13-18)25(26,27)28/h2-8,13-14H,9-12,15-16H2,1H3. The van der Waals surface area contributed by atoms with E-state index in [-0.39, 0.29) is 22.9 Å². The summed E-state index contributed by atoms with van der Waals surface area (Å²) in [6.45, 7) is 2.76. The maximum atomic E-state index is 13.1. The lowest BCUT2D eigenvalue weighted by Crippen LogP contribution is -2.47. The maximum Gasteiger partial charge on any atom is 0.416 e. The lowest BCUT2D eigenvalue weighted by molar-refractivity contribution is -0.137. The molecule has 0 unspecified atom stereocenters. The van der Waals surface area contributed by atoms with Gasteiger partial charge in [-0.05, 0) is 42.5 Å². The van der Waals surface area contributed by atoms with Crippen molar-refractivity contribution in [3.05, 3.63) is 81.2 Å². The minimum absolute atomic E-state index is 0.00285. The predicted octanol–water partition coefficient (Wildman–Crippen LogP) is 4.43. The van der Waals surface area contributed by atoms with Gasteiger partial charge in [0.15, 0.2) is 6.61 Å². The van der Waals surface area contributed by atoms with Crippen molar-refractivity contribution in [1.29, 1.82) is 0 Å². The minimum Gasteiger partial charge on any atom is -0.483 e. The fourth-order valence-corrected chi connectivity index (χ4v) is 4.55. The molecule has 0 saturated carbocycles. The van der Waals surface area contributed by atoms with Gasteiger partial charge in [0.1, 0.15) is 5.75 Å². The van der Waals surface area contributed by atoms with E-state index in [0.717, 1.165) is 17.0 Å². The molecular formula is C25H24F3N5O3S. The summed E-state index contributed by atoms with van der Waals surface area (Å²) in [6, 6.07) is 14.2. The molecule has 4 aromatic rings. The number of piperazine rings is 1. The van der Waals surface area contributed by atoms with E-state index >= 15 is 0 Å². The zero-order chi connectivity index (χ0) is 26.2. The molecule has 0 atom stereocenters. The summed E-state index contributed by atoms with van der Waals surface area (Å²) in [5, 5.41) is 5.20. The molecule has 1 saturated heterocycles. The summed E-state index contributed by atoms with van der Waals surface area (Å²) in [5.74, 6) is 0.706. The van der Waals surface area contributed by atoms with Gasteiger partial charge in [-0.1, -0.05) is 18.2 Å². The summed E-state index contributed by atoms with van der Waals surface area (Å²) < 4.78 is 53.7. The van der Waals surface area contributed by atoms with Crippen molar-refractivity contribution in [3.63, 3.8) is 0 Å². The number of ether oxygens (including phenoxy) is 1. The average molecular weight is 532 g/mol. The van der Waals surface area contributed by atoms with Gasteiger partial charge >= 0.3 is 6.18 Å². The van der Waals surface area contributed by atoms with Crippen LogP contribution in [-0.2, 0) is 26.5 Å².